The molecule has 22 heavy (non-hydrogen) atoms. The van der Waals surface area contributed by atoms with Crippen LogP contribution in [-0.2, 0) is 6.42 Å². The fraction of sp³-hybridized carbons (Fsp3) is 0.692. The largest absolute Gasteiger partial charge is 0.389 e. The van der Waals surface area contributed by atoms with E-state index in [2.05, 4.69) is 20.2 Å². The van der Waals surface area contributed by atoms with Crippen LogP contribution in [0.3, 0.4) is 0 Å². The lowest BCUT2D eigenvalue weighted by atomic mass is 10.0. The molecular formula is C13H19Cl2F3N4. The number of aromatic nitrogens is 2. The van der Waals surface area contributed by atoms with Crippen LogP contribution in [0.4, 0.5) is 19.1 Å². The summed E-state index contributed by atoms with van der Waals surface area (Å²) in [6, 6.07) is 1.56. The average molecular weight is 359 g/mol. The van der Waals surface area contributed by atoms with Crippen molar-refractivity contribution in [1.29, 1.82) is 0 Å². The molecule has 126 valence electrons. The van der Waals surface area contributed by atoms with E-state index in [9.17, 15) is 13.2 Å². The first-order valence-electron chi connectivity index (χ1n) is 6.85. The van der Waals surface area contributed by atoms with Gasteiger partial charge in [-0.3, -0.25) is 0 Å². The van der Waals surface area contributed by atoms with Crippen LogP contribution in [0.25, 0.3) is 0 Å². The smallest absolute Gasteiger partial charge is 0.340 e. The third-order valence-electron chi connectivity index (χ3n) is 4.04. The highest BCUT2D eigenvalue weighted by atomic mass is 35.5. The molecule has 2 aliphatic heterocycles. The van der Waals surface area contributed by atoms with Gasteiger partial charge in [-0.1, -0.05) is 0 Å². The van der Waals surface area contributed by atoms with E-state index in [4.69, 9.17) is 0 Å². The Bertz CT molecular complexity index is 475. The van der Waals surface area contributed by atoms with Gasteiger partial charge in [-0.05, 0) is 24.3 Å². The zero-order chi connectivity index (χ0) is 14.2. The maximum absolute atomic E-state index is 12.2. The lowest BCUT2D eigenvalue weighted by Gasteiger charge is -2.17. The molecule has 0 saturated carbocycles. The number of rotatable bonds is 3. The molecule has 1 N–H and O–H groups in total. The fourth-order valence-corrected chi connectivity index (χ4v) is 2.96. The molecule has 4 nitrogen and oxygen atoms in total. The fourth-order valence-electron chi connectivity index (χ4n) is 2.96. The molecule has 3 heterocycles. The minimum absolute atomic E-state index is 0. The first-order chi connectivity index (χ1) is 9.51. The molecule has 2 aliphatic rings. The average Bonchev–Trinajstić information content (AvgIpc) is 2.96. The summed E-state index contributed by atoms with van der Waals surface area (Å²) in [6.07, 6.45) is -3.50. The van der Waals surface area contributed by atoms with Crippen molar-refractivity contribution >= 4 is 30.8 Å². The molecule has 9 heteroatoms. The summed E-state index contributed by atoms with van der Waals surface area (Å²) in [5, 5.41) is 3.35. The summed E-state index contributed by atoms with van der Waals surface area (Å²) >= 11 is 0. The minimum Gasteiger partial charge on any atom is -0.340 e. The topological polar surface area (TPSA) is 41.1 Å². The Morgan fingerprint density at radius 2 is 1.82 bits per heavy atom. The van der Waals surface area contributed by atoms with E-state index >= 15 is 0 Å². The van der Waals surface area contributed by atoms with Crippen LogP contribution in [0.1, 0.15) is 12.1 Å². The van der Waals surface area contributed by atoms with Gasteiger partial charge in [0.2, 0.25) is 5.95 Å². The maximum atomic E-state index is 12.2. The first-order valence-corrected chi connectivity index (χ1v) is 6.85. The summed E-state index contributed by atoms with van der Waals surface area (Å²) in [4.78, 5) is 10.6. The summed E-state index contributed by atoms with van der Waals surface area (Å²) < 4.78 is 36.7. The Kier molecular flexibility index (Phi) is 6.70. The monoisotopic (exact) mass is 358 g/mol. The van der Waals surface area contributed by atoms with Crippen molar-refractivity contribution in [2.24, 2.45) is 11.8 Å². The lowest BCUT2D eigenvalue weighted by molar-refractivity contribution is -0.134. The Morgan fingerprint density at radius 1 is 1.18 bits per heavy atom. The number of nitrogens with one attached hydrogen (secondary N) is 1. The second-order valence-corrected chi connectivity index (χ2v) is 5.55. The van der Waals surface area contributed by atoms with Crippen LogP contribution in [0.15, 0.2) is 12.3 Å². The van der Waals surface area contributed by atoms with Gasteiger partial charge in [0.15, 0.2) is 0 Å². The molecule has 1 aromatic heterocycles. The predicted octanol–water partition coefficient (Wildman–Crippen LogP) is 2.47. The highest BCUT2D eigenvalue weighted by molar-refractivity contribution is 5.85. The van der Waals surface area contributed by atoms with E-state index < -0.39 is 12.6 Å². The molecule has 1 aromatic rings. The number of hydrogen-bond donors (Lipinski definition) is 1. The second kappa shape index (κ2) is 7.66. The van der Waals surface area contributed by atoms with E-state index in [0.717, 1.165) is 26.2 Å². The molecule has 0 unspecified atom stereocenters. The third-order valence-corrected chi connectivity index (χ3v) is 4.04. The molecule has 0 aliphatic carbocycles. The Morgan fingerprint density at radius 3 is 2.41 bits per heavy atom. The molecule has 0 radical (unpaired) electrons. The van der Waals surface area contributed by atoms with E-state index in [-0.39, 0.29) is 31.2 Å². The molecule has 2 atom stereocenters. The minimum atomic E-state index is -4.14. The Hall–Kier alpha value is -0.790. The summed E-state index contributed by atoms with van der Waals surface area (Å²) in [5.41, 5.74) is 0.461. The van der Waals surface area contributed by atoms with Gasteiger partial charge in [-0.2, -0.15) is 13.2 Å². The number of hydrogen-bond acceptors (Lipinski definition) is 4. The van der Waals surface area contributed by atoms with Gasteiger partial charge in [0.05, 0.1) is 0 Å². The molecule has 2 saturated heterocycles. The first kappa shape index (κ1) is 19.3. The maximum Gasteiger partial charge on any atom is 0.389 e. The zero-order valence-electron chi connectivity index (χ0n) is 11.8. The quantitative estimate of drug-likeness (QED) is 0.900. The van der Waals surface area contributed by atoms with Crippen molar-refractivity contribution in [3.8, 4) is 0 Å². The number of fused-ring (bicyclic) bond motifs is 1. The van der Waals surface area contributed by atoms with Crippen molar-refractivity contribution in [3.05, 3.63) is 18.0 Å². The van der Waals surface area contributed by atoms with Crippen molar-refractivity contribution < 1.29 is 13.2 Å². The molecule has 0 amide bonds. The normalized spacial score (nSPS) is 23.7. The molecule has 3 rings (SSSR count). The van der Waals surface area contributed by atoms with Gasteiger partial charge in [0.25, 0.3) is 0 Å². The highest BCUT2D eigenvalue weighted by Crippen LogP contribution is 2.29. The van der Waals surface area contributed by atoms with Crippen molar-refractivity contribution in [3.63, 3.8) is 0 Å². The Labute approximate surface area is 139 Å². The number of halogens is 5. The van der Waals surface area contributed by atoms with Crippen LogP contribution in [0.5, 0.6) is 0 Å². The SMILES string of the molecule is Cl.Cl.FC(F)(F)CCc1ccnc(N2C[C@H]3CNC[C@H]3C2)n1. The standard InChI is InChI=1S/C13H17F3N4.2ClH/c14-13(15,16)3-1-11-2-4-18-12(19-11)20-7-9-5-17-6-10(9)8-20;;/h2,4,9-10,17H,1,3,5-8H2;2*1H/t9-,10+;;. The zero-order valence-corrected chi connectivity index (χ0v) is 13.5. The van der Waals surface area contributed by atoms with Crippen molar-refractivity contribution in [1.82, 2.24) is 15.3 Å². The van der Waals surface area contributed by atoms with Crippen LogP contribution < -0.4 is 10.2 Å². The summed E-state index contributed by atoms with van der Waals surface area (Å²) in [7, 11) is 0. The van der Waals surface area contributed by atoms with E-state index in [1.807, 2.05) is 0 Å². The Balaban J connectivity index is 0.00000121. The van der Waals surface area contributed by atoms with E-state index in [1.54, 1.807) is 12.3 Å². The summed E-state index contributed by atoms with van der Waals surface area (Å²) in [5.74, 6) is 1.79. The van der Waals surface area contributed by atoms with Gasteiger partial charge in [-0.25, -0.2) is 9.97 Å². The molecule has 0 bridgehead atoms. The van der Waals surface area contributed by atoms with Crippen molar-refractivity contribution in [2.45, 2.75) is 19.0 Å². The van der Waals surface area contributed by atoms with E-state index in [0.29, 0.717) is 23.5 Å². The van der Waals surface area contributed by atoms with Gasteiger partial charge >= 0.3 is 6.18 Å². The van der Waals surface area contributed by atoms with Crippen LogP contribution in [0.2, 0.25) is 0 Å². The highest BCUT2D eigenvalue weighted by Gasteiger charge is 2.37. The van der Waals surface area contributed by atoms with Gasteiger partial charge in [0.1, 0.15) is 0 Å². The van der Waals surface area contributed by atoms with E-state index in [1.165, 1.54) is 0 Å². The number of aryl methyl sites for hydroxylation is 1. The van der Waals surface area contributed by atoms with Gasteiger partial charge in [-0.15, -0.1) is 24.8 Å². The molecule has 0 aromatic carbocycles. The van der Waals surface area contributed by atoms with Crippen molar-refractivity contribution in [2.75, 3.05) is 31.1 Å². The number of nitrogens with zero attached hydrogens (tertiary/aromatic N) is 3. The predicted molar refractivity (Wildman–Crippen MR) is 83.0 cm³/mol. The molecular weight excluding hydrogens is 340 g/mol. The second-order valence-electron chi connectivity index (χ2n) is 5.55. The van der Waals surface area contributed by atoms with Crippen LogP contribution in [-0.4, -0.2) is 42.3 Å². The number of alkyl halides is 3. The molecule has 0 spiro atoms. The summed E-state index contributed by atoms with van der Waals surface area (Å²) in [6.45, 7) is 3.80. The van der Waals surface area contributed by atoms with Crippen LogP contribution >= 0.6 is 24.8 Å². The van der Waals surface area contributed by atoms with Gasteiger partial charge in [0, 0.05) is 44.5 Å². The number of anilines is 1. The van der Waals surface area contributed by atoms with Gasteiger partial charge < -0.3 is 10.2 Å². The third kappa shape index (κ3) is 4.60. The molecule has 2 fully saturated rings. The van der Waals surface area contributed by atoms with Crippen LogP contribution in [0, 0.1) is 11.8 Å². The lowest BCUT2D eigenvalue weighted by Crippen LogP contribution is -2.27.